The van der Waals surface area contributed by atoms with Crippen molar-refractivity contribution in [1.82, 2.24) is 10.3 Å². The molecule has 0 spiro atoms. The van der Waals surface area contributed by atoms with Crippen LogP contribution in [-0.2, 0) is 10.3 Å². The average Bonchev–Trinajstić information content (AvgIpc) is 2.80. The molecule has 3 amide bonds. The van der Waals surface area contributed by atoms with Crippen LogP contribution in [0.25, 0.3) is 0 Å². The topological polar surface area (TPSA) is 62.3 Å². The van der Waals surface area contributed by atoms with Gasteiger partial charge in [0, 0.05) is 12.4 Å². The van der Waals surface area contributed by atoms with Gasteiger partial charge in [-0.2, -0.15) is 0 Å². The minimum atomic E-state index is -0.998. The van der Waals surface area contributed by atoms with Gasteiger partial charge in [-0.05, 0) is 24.1 Å². The van der Waals surface area contributed by atoms with Crippen molar-refractivity contribution in [2.45, 2.75) is 18.9 Å². The summed E-state index contributed by atoms with van der Waals surface area (Å²) in [4.78, 5) is 30.3. The summed E-state index contributed by atoms with van der Waals surface area (Å²) in [5.74, 6) is -0.257. The summed E-state index contributed by atoms with van der Waals surface area (Å²) >= 11 is 0. The molecule has 0 aliphatic carbocycles. The standard InChI is InChI=1S/C16H15N3O2/c1-2-16(12-6-4-3-5-7-12)14(20)19(15(21)18-16)13-8-10-17-11-9-13/h3-11H,2H2,1H3,(H,18,21). The fourth-order valence-electron chi connectivity index (χ4n) is 2.66. The Balaban J connectivity index is 2.07. The van der Waals surface area contributed by atoms with Gasteiger partial charge in [-0.1, -0.05) is 37.3 Å². The fraction of sp³-hybridized carbons (Fsp3) is 0.188. The molecule has 1 aliphatic heterocycles. The smallest absolute Gasteiger partial charge is 0.319 e. The van der Waals surface area contributed by atoms with E-state index in [-0.39, 0.29) is 5.91 Å². The van der Waals surface area contributed by atoms with Crippen molar-refractivity contribution >= 4 is 17.6 Å². The van der Waals surface area contributed by atoms with Gasteiger partial charge in [0.2, 0.25) is 0 Å². The summed E-state index contributed by atoms with van der Waals surface area (Å²) < 4.78 is 0. The molecule has 2 heterocycles. The molecule has 1 fully saturated rings. The number of nitrogens with one attached hydrogen (secondary N) is 1. The maximum absolute atomic E-state index is 12.9. The van der Waals surface area contributed by atoms with E-state index in [1.54, 1.807) is 24.5 Å². The highest BCUT2D eigenvalue weighted by atomic mass is 16.2. The van der Waals surface area contributed by atoms with Crippen molar-refractivity contribution in [2.24, 2.45) is 0 Å². The van der Waals surface area contributed by atoms with Crippen LogP contribution in [0.1, 0.15) is 18.9 Å². The summed E-state index contributed by atoms with van der Waals surface area (Å²) in [6.45, 7) is 1.89. The first-order valence-electron chi connectivity index (χ1n) is 6.81. The maximum atomic E-state index is 12.9. The summed E-state index contributed by atoms with van der Waals surface area (Å²) in [5, 5.41) is 2.85. The average molecular weight is 281 g/mol. The molecule has 106 valence electrons. The molecular formula is C16H15N3O2. The Labute approximate surface area is 122 Å². The molecule has 0 bridgehead atoms. The number of imide groups is 1. The summed E-state index contributed by atoms with van der Waals surface area (Å²) in [6, 6.07) is 12.2. The van der Waals surface area contributed by atoms with Crippen molar-refractivity contribution in [3.8, 4) is 0 Å². The van der Waals surface area contributed by atoms with Crippen LogP contribution in [0, 0.1) is 0 Å². The van der Waals surface area contributed by atoms with Crippen LogP contribution in [0.5, 0.6) is 0 Å². The van der Waals surface area contributed by atoms with Gasteiger partial charge in [-0.3, -0.25) is 9.78 Å². The Morgan fingerprint density at radius 1 is 1.10 bits per heavy atom. The molecule has 0 saturated carbocycles. The van der Waals surface area contributed by atoms with Crippen LogP contribution in [0.4, 0.5) is 10.5 Å². The molecule has 1 unspecified atom stereocenters. The predicted octanol–water partition coefficient (Wildman–Crippen LogP) is 2.44. The van der Waals surface area contributed by atoms with Gasteiger partial charge in [0.05, 0.1) is 5.69 Å². The third-order valence-electron chi connectivity index (χ3n) is 3.81. The maximum Gasteiger partial charge on any atom is 0.329 e. The highest BCUT2D eigenvalue weighted by Crippen LogP contribution is 2.34. The summed E-state index contributed by atoms with van der Waals surface area (Å²) in [7, 11) is 0. The van der Waals surface area contributed by atoms with E-state index in [9.17, 15) is 9.59 Å². The van der Waals surface area contributed by atoms with Gasteiger partial charge in [-0.15, -0.1) is 0 Å². The largest absolute Gasteiger partial charge is 0.329 e. The zero-order valence-corrected chi connectivity index (χ0v) is 11.6. The van der Waals surface area contributed by atoms with Gasteiger partial charge in [0.25, 0.3) is 5.91 Å². The van der Waals surface area contributed by atoms with E-state index in [0.717, 1.165) is 5.56 Å². The summed E-state index contributed by atoms with van der Waals surface area (Å²) in [5.41, 5.74) is 0.322. The zero-order chi connectivity index (χ0) is 14.9. The Hall–Kier alpha value is -2.69. The number of nitrogens with zero attached hydrogens (tertiary/aromatic N) is 2. The van der Waals surface area contributed by atoms with Crippen LogP contribution in [0.2, 0.25) is 0 Å². The van der Waals surface area contributed by atoms with Gasteiger partial charge in [-0.25, -0.2) is 9.69 Å². The highest BCUT2D eigenvalue weighted by molar-refractivity contribution is 6.23. The van der Waals surface area contributed by atoms with Gasteiger partial charge in [0.15, 0.2) is 0 Å². The monoisotopic (exact) mass is 281 g/mol. The molecule has 1 N–H and O–H groups in total. The molecule has 3 rings (SSSR count). The lowest BCUT2D eigenvalue weighted by Gasteiger charge is -2.25. The minimum absolute atomic E-state index is 0.257. The highest BCUT2D eigenvalue weighted by Gasteiger charge is 2.51. The first kappa shape index (κ1) is 13.3. The number of carbonyl (C=O) groups excluding carboxylic acids is 2. The summed E-state index contributed by atoms with van der Waals surface area (Å²) in [6.07, 6.45) is 3.61. The van der Waals surface area contributed by atoms with E-state index in [1.165, 1.54) is 4.90 Å². The number of amides is 3. The molecule has 1 aromatic heterocycles. The number of urea groups is 1. The van der Waals surface area contributed by atoms with E-state index >= 15 is 0 Å². The van der Waals surface area contributed by atoms with E-state index < -0.39 is 11.6 Å². The number of anilines is 1. The van der Waals surface area contributed by atoms with Crippen molar-refractivity contribution in [3.05, 3.63) is 60.4 Å². The molecule has 1 aliphatic rings. The van der Waals surface area contributed by atoms with Gasteiger partial charge >= 0.3 is 6.03 Å². The minimum Gasteiger partial charge on any atom is -0.319 e. The van der Waals surface area contributed by atoms with E-state index in [2.05, 4.69) is 10.3 Å². The fourth-order valence-corrected chi connectivity index (χ4v) is 2.66. The third-order valence-corrected chi connectivity index (χ3v) is 3.81. The first-order valence-corrected chi connectivity index (χ1v) is 6.81. The van der Waals surface area contributed by atoms with Crippen LogP contribution >= 0.6 is 0 Å². The van der Waals surface area contributed by atoms with Gasteiger partial charge < -0.3 is 5.32 Å². The van der Waals surface area contributed by atoms with Gasteiger partial charge in [0.1, 0.15) is 5.54 Å². The number of aromatic nitrogens is 1. The van der Waals surface area contributed by atoms with Crippen molar-refractivity contribution in [3.63, 3.8) is 0 Å². The number of pyridine rings is 1. The SMILES string of the molecule is CCC1(c2ccccc2)NC(=O)N(c2ccncc2)C1=O. The second-order valence-electron chi connectivity index (χ2n) is 4.90. The lowest BCUT2D eigenvalue weighted by Crippen LogP contribution is -2.43. The molecule has 2 aromatic rings. The Morgan fingerprint density at radius 3 is 2.38 bits per heavy atom. The van der Waals surface area contributed by atoms with Crippen molar-refractivity contribution in [1.29, 1.82) is 0 Å². The molecule has 5 nitrogen and oxygen atoms in total. The molecule has 1 aromatic carbocycles. The van der Waals surface area contributed by atoms with Crippen LogP contribution < -0.4 is 10.2 Å². The predicted molar refractivity (Wildman–Crippen MR) is 78.7 cm³/mol. The second kappa shape index (κ2) is 5.01. The molecule has 21 heavy (non-hydrogen) atoms. The number of rotatable bonds is 3. The molecule has 5 heteroatoms. The third kappa shape index (κ3) is 1.98. The lowest BCUT2D eigenvalue weighted by molar-refractivity contribution is -0.122. The lowest BCUT2D eigenvalue weighted by atomic mass is 9.87. The first-order chi connectivity index (χ1) is 10.2. The van der Waals surface area contributed by atoms with Crippen LogP contribution in [-0.4, -0.2) is 16.9 Å². The number of carbonyl (C=O) groups is 2. The number of hydrogen-bond donors (Lipinski definition) is 1. The Morgan fingerprint density at radius 2 is 1.76 bits per heavy atom. The van der Waals surface area contributed by atoms with E-state index in [4.69, 9.17) is 0 Å². The molecular weight excluding hydrogens is 266 g/mol. The Bertz CT molecular complexity index is 672. The van der Waals surface area contributed by atoms with Crippen molar-refractivity contribution in [2.75, 3.05) is 4.90 Å². The van der Waals surface area contributed by atoms with E-state index in [1.807, 2.05) is 37.3 Å². The Kier molecular flexibility index (Phi) is 3.17. The van der Waals surface area contributed by atoms with Crippen molar-refractivity contribution < 1.29 is 9.59 Å². The number of benzene rings is 1. The molecule has 1 atom stereocenters. The van der Waals surface area contributed by atoms with Crippen LogP contribution in [0.15, 0.2) is 54.9 Å². The van der Waals surface area contributed by atoms with Crippen LogP contribution in [0.3, 0.4) is 0 Å². The molecule has 1 saturated heterocycles. The molecule has 0 radical (unpaired) electrons. The van der Waals surface area contributed by atoms with E-state index in [0.29, 0.717) is 12.1 Å². The second-order valence-corrected chi connectivity index (χ2v) is 4.90. The normalized spacial score (nSPS) is 21.5. The zero-order valence-electron chi connectivity index (χ0n) is 11.6. The number of hydrogen-bond acceptors (Lipinski definition) is 3. The quantitative estimate of drug-likeness (QED) is 0.879.